The highest BCUT2D eigenvalue weighted by Crippen LogP contribution is 2.71. The molecule has 0 heterocycles. The molecule has 0 aromatic rings. The Morgan fingerprint density at radius 1 is 0.409 bits per heavy atom. The van der Waals surface area contributed by atoms with E-state index in [0.717, 1.165) is 0 Å². The Balaban J connectivity index is 6.53. The molecule has 0 aromatic carbocycles. The molecular weight excluding hydrogens is 327 g/mol. The molecule has 0 fully saturated rings. The largest absolute Gasteiger partial charge is 0.282 e. The zero-order valence-corrected chi connectivity index (χ0v) is 25.7. The van der Waals surface area contributed by atoms with Crippen LogP contribution in [-0.2, 0) is 0 Å². The second-order valence-corrected chi connectivity index (χ2v) is 25.0. The van der Waals surface area contributed by atoms with E-state index in [4.69, 9.17) is 0 Å². The lowest BCUT2D eigenvalue weighted by molar-refractivity contribution is 0.369. The highest BCUT2D eigenvalue weighted by Gasteiger charge is 2.62. The van der Waals surface area contributed by atoms with Gasteiger partial charge in [0.05, 0.1) is 0 Å². The molecule has 132 valence electrons. The summed E-state index contributed by atoms with van der Waals surface area (Å²) < 4.78 is 1.45. The van der Waals surface area contributed by atoms with Gasteiger partial charge in [-0.1, -0.05) is 111 Å². The van der Waals surface area contributed by atoms with Gasteiger partial charge in [0.1, 0.15) is 0 Å². The Labute approximate surface area is 155 Å². The van der Waals surface area contributed by atoms with Crippen molar-refractivity contribution in [1.82, 2.24) is 0 Å². The first-order valence-corrected chi connectivity index (χ1v) is 13.8. The Kier molecular flexibility index (Phi) is 6.50. The molecule has 0 saturated heterocycles. The Morgan fingerprint density at radius 3 is 0.636 bits per heavy atom. The summed E-state index contributed by atoms with van der Waals surface area (Å²) in [5.41, 5.74) is 0. The Morgan fingerprint density at radius 2 is 0.545 bits per heavy atom. The van der Waals surface area contributed by atoms with E-state index in [-0.39, 0.29) is 0 Å². The van der Waals surface area contributed by atoms with Gasteiger partial charge in [-0.3, -0.25) is 0 Å². The summed E-state index contributed by atoms with van der Waals surface area (Å²) in [7, 11) is 3.85. The molecule has 0 nitrogen and oxygen atoms in total. The minimum atomic E-state index is -1.13. The topological polar surface area (TPSA) is 0 Å². The smallest absolute Gasteiger partial charge is 0.0734 e. The molecular formula is C18H45AlSi3. The third-order valence-electron chi connectivity index (χ3n) is 7.96. The third kappa shape index (κ3) is 4.05. The summed E-state index contributed by atoms with van der Waals surface area (Å²) in [6, 6.07) is 0. The van der Waals surface area contributed by atoms with Crippen LogP contribution >= 0.6 is 0 Å². The van der Waals surface area contributed by atoms with Crippen molar-refractivity contribution in [1.29, 1.82) is 0 Å². The molecule has 0 aliphatic rings. The maximum absolute atomic E-state index is 2.63. The van der Waals surface area contributed by atoms with E-state index in [2.05, 4.69) is 83.1 Å². The Hall–Kier alpha value is 1.18. The molecule has 0 rings (SSSR count). The van der Waals surface area contributed by atoms with Crippen molar-refractivity contribution < 1.29 is 0 Å². The second kappa shape index (κ2) is 6.16. The molecule has 0 atom stereocenters. The summed E-state index contributed by atoms with van der Waals surface area (Å²) in [6.07, 6.45) is 0. The van der Waals surface area contributed by atoms with E-state index in [9.17, 15) is 0 Å². The van der Waals surface area contributed by atoms with Crippen LogP contribution < -0.4 is 0 Å². The number of rotatable bonds is 6. The van der Waals surface area contributed by atoms with Gasteiger partial charge in [0.15, 0.2) is 0 Å². The van der Waals surface area contributed by atoms with Crippen molar-refractivity contribution in [3.8, 4) is 0 Å². The lowest BCUT2D eigenvalue weighted by Gasteiger charge is -2.61. The van der Waals surface area contributed by atoms with Gasteiger partial charge in [0, 0.05) is 30.7 Å². The van der Waals surface area contributed by atoms with Crippen LogP contribution in [0.3, 0.4) is 0 Å². The van der Waals surface area contributed by atoms with Gasteiger partial charge in [0.2, 0.25) is 0 Å². The van der Waals surface area contributed by atoms with Crippen molar-refractivity contribution in [3.05, 3.63) is 0 Å². The minimum Gasteiger partial charge on any atom is -0.0734 e. The minimum absolute atomic E-state index is 0.482. The fraction of sp³-hybridized carbons (Fsp3) is 1.00. The maximum Gasteiger partial charge on any atom is 0.282 e. The lowest BCUT2D eigenvalue weighted by Crippen LogP contribution is -2.55. The molecule has 0 amide bonds. The van der Waals surface area contributed by atoms with E-state index >= 15 is 0 Å². The molecule has 0 aliphatic heterocycles. The molecule has 0 bridgehead atoms. The van der Waals surface area contributed by atoms with E-state index in [1.807, 2.05) is 0 Å². The average molecular weight is 373 g/mol. The summed E-state index contributed by atoms with van der Waals surface area (Å²) in [6.45, 7) is 31.0. The molecule has 0 radical (unpaired) electrons. The van der Waals surface area contributed by atoms with E-state index in [0.29, 0.717) is 27.9 Å². The molecule has 22 heavy (non-hydrogen) atoms. The van der Waals surface area contributed by atoms with Crippen LogP contribution in [0.5, 0.6) is 0 Å². The highest BCUT2D eigenvalue weighted by atomic mass is 28.2. The first-order chi connectivity index (χ1) is 9.12. The van der Waals surface area contributed by atoms with Gasteiger partial charge in [0.25, 0.3) is 14.1 Å². The van der Waals surface area contributed by atoms with Crippen LogP contribution in [0.1, 0.15) is 83.1 Å². The van der Waals surface area contributed by atoms with E-state index < -0.39 is 14.1 Å². The fourth-order valence-corrected chi connectivity index (χ4v) is 14.6. The molecule has 0 N–H and O–H groups in total. The van der Waals surface area contributed by atoms with Crippen LogP contribution in [0, 0.1) is 0 Å². The number of hydrogen-bond donors (Lipinski definition) is 0. The van der Waals surface area contributed by atoms with Crippen molar-refractivity contribution in [2.75, 3.05) is 0 Å². The van der Waals surface area contributed by atoms with Gasteiger partial charge in [-0.25, -0.2) is 0 Å². The van der Waals surface area contributed by atoms with Crippen LogP contribution in [-0.4, -0.2) is 44.9 Å². The zero-order valence-electron chi connectivity index (χ0n) is 18.6. The monoisotopic (exact) mass is 372 g/mol. The van der Waals surface area contributed by atoms with Gasteiger partial charge in [-0.15, -0.1) is 0 Å². The molecule has 0 spiro atoms. The van der Waals surface area contributed by atoms with Crippen molar-refractivity contribution in [2.45, 2.75) is 111 Å². The van der Waals surface area contributed by atoms with Crippen molar-refractivity contribution >= 4 is 44.9 Å². The first-order valence-electron chi connectivity index (χ1n) is 9.12. The normalized spacial score (nSPS) is 16.4. The van der Waals surface area contributed by atoms with E-state index in [1.54, 1.807) is 0 Å². The van der Waals surface area contributed by atoms with Gasteiger partial charge in [-0.2, -0.15) is 0 Å². The molecule has 0 saturated carbocycles. The van der Waals surface area contributed by atoms with E-state index in [1.165, 1.54) is 30.7 Å². The summed E-state index contributed by atoms with van der Waals surface area (Å²) in [4.78, 5) is 0. The van der Waals surface area contributed by atoms with Gasteiger partial charge < -0.3 is 0 Å². The average Bonchev–Trinajstić information content (AvgIpc) is 2.09. The predicted octanol–water partition coefficient (Wildman–Crippen LogP) is 3.51. The third-order valence-corrected chi connectivity index (χ3v) is 20.5. The molecule has 0 unspecified atom stereocenters. The standard InChI is InChI=1S/3C6H15Si.Al/c3*1-5(2)6(3,4)7;/h3*1-4,7H3;. The highest BCUT2D eigenvalue weighted by molar-refractivity contribution is 6.71. The maximum atomic E-state index is 2.63. The van der Waals surface area contributed by atoms with Crippen LogP contribution in [0.2, 0.25) is 27.9 Å². The van der Waals surface area contributed by atoms with Crippen LogP contribution in [0.25, 0.3) is 0 Å². The molecule has 0 aromatic heterocycles. The SMILES string of the molecule is CC(C)([SiH3])[C](C)(C)[Al]([C](C)(C)C(C)(C)[SiH3])[C](C)(C)C(C)(C)[SiH3]. The predicted molar refractivity (Wildman–Crippen MR) is 120 cm³/mol. The first kappa shape index (κ1) is 23.2. The van der Waals surface area contributed by atoms with Crippen LogP contribution in [0.4, 0.5) is 0 Å². The fourth-order valence-electron chi connectivity index (χ4n) is 4.01. The van der Waals surface area contributed by atoms with Crippen molar-refractivity contribution in [3.63, 3.8) is 0 Å². The summed E-state index contributed by atoms with van der Waals surface area (Å²) >= 11 is -1.13. The Bertz CT molecular complexity index is 328. The lowest BCUT2D eigenvalue weighted by atomic mass is 9.93. The van der Waals surface area contributed by atoms with Crippen LogP contribution in [0.15, 0.2) is 0 Å². The molecule has 0 aliphatic carbocycles. The van der Waals surface area contributed by atoms with Gasteiger partial charge >= 0.3 is 0 Å². The second-order valence-electron chi connectivity index (χ2n) is 12.3. The van der Waals surface area contributed by atoms with Gasteiger partial charge in [-0.05, 0) is 0 Å². The summed E-state index contributed by atoms with van der Waals surface area (Å²) in [5, 5.41) is 1.49. The zero-order chi connectivity index (χ0) is 18.6. The molecule has 4 heteroatoms. The van der Waals surface area contributed by atoms with Crippen molar-refractivity contribution in [2.24, 2.45) is 0 Å². The number of hydrogen-bond acceptors (Lipinski definition) is 0. The quantitative estimate of drug-likeness (QED) is 0.626. The summed E-state index contributed by atoms with van der Waals surface area (Å²) in [5.74, 6) is 0.